The van der Waals surface area contributed by atoms with Crippen LogP contribution in [0, 0.1) is 15.5 Å². The number of anilines is 2. The normalized spacial score (nSPS) is 24.5. The highest BCUT2D eigenvalue weighted by Crippen LogP contribution is 2.47. The van der Waals surface area contributed by atoms with Crippen LogP contribution in [0.1, 0.15) is 54.4 Å². The third kappa shape index (κ3) is 4.79. The van der Waals surface area contributed by atoms with Crippen molar-refractivity contribution in [3.8, 4) is 0 Å². The second kappa shape index (κ2) is 10.4. The van der Waals surface area contributed by atoms with Gasteiger partial charge in [-0.15, -0.1) is 0 Å². The third-order valence-corrected chi connectivity index (χ3v) is 10.2. The average molecular weight is 573 g/mol. The Bertz CT molecular complexity index is 1420. The van der Waals surface area contributed by atoms with Gasteiger partial charge in [0.25, 0.3) is 11.6 Å². The predicted molar refractivity (Wildman–Crippen MR) is 156 cm³/mol. The first-order chi connectivity index (χ1) is 20.3. The van der Waals surface area contributed by atoms with E-state index in [2.05, 4.69) is 26.1 Å². The van der Waals surface area contributed by atoms with Crippen molar-refractivity contribution in [3.63, 3.8) is 0 Å². The van der Waals surface area contributed by atoms with Crippen LogP contribution >= 0.6 is 0 Å². The zero-order valence-corrected chi connectivity index (χ0v) is 23.7. The van der Waals surface area contributed by atoms with E-state index in [1.54, 1.807) is 17.0 Å². The van der Waals surface area contributed by atoms with Gasteiger partial charge in [-0.05, 0) is 61.9 Å². The van der Waals surface area contributed by atoms with Crippen molar-refractivity contribution in [2.24, 2.45) is 5.41 Å². The largest absolute Gasteiger partial charge is 0.370 e. The molecule has 1 saturated carbocycles. The van der Waals surface area contributed by atoms with Crippen molar-refractivity contribution in [2.75, 3.05) is 49.1 Å². The van der Waals surface area contributed by atoms with Gasteiger partial charge in [0.2, 0.25) is 11.8 Å². The fourth-order valence-corrected chi connectivity index (χ4v) is 7.71. The molecule has 0 aromatic heterocycles. The average Bonchev–Trinajstić information content (AvgIpc) is 3.31. The van der Waals surface area contributed by atoms with Gasteiger partial charge in [0.1, 0.15) is 6.04 Å². The number of carbonyl (C=O) groups excluding carboxylic acids is 3. The summed E-state index contributed by atoms with van der Waals surface area (Å²) in [6.07, 6.45) is 5.47. The first kappa shape index (κ1) is 26.9. The first-order valence-corrected chi connectivity index (χ1v) is 15.0. The smallest absolute Gasteiger partial charge is 0.269 e. The Labute approximate surface area is 244 Å². The van der Waals surface area contributed by atoms with E-state index in [9.17, 15) is 24.5 Å². The highest BCUT2D eigenvalue weighted by Gasteiger charge is 2.47. The molecule has 5 aliphatic rings. The molecule has 42 heavy (non-hydrogen) atoms. The standard InChI is InChI=1S/C31H36N6O5/c38-28-8-7-27(29(39)32-28)36-18-21-1-2-25(17-26(21)30(36)40)35-19-31(20-35)11-9-23(10-12-31)34-15-13-33(14-16-34)22-3-5-24(6-4-22)37(41)42/h1-6,17,23,27H,7-16,18-20H2,(H,32,38,39). The van der Waals surface area contributed by atoms with Crippen molar-refractivity contribution < 1.29 is 19.3 Å². The second-order valence-corrected chi connectivity index (χ2v) is 12.6. The molecular formula is C31H36N6O5. The maximum Gasteiger partial charge on any atom is 0.269 e. The van der Waals surface area contributed by atoms with Gasteiger partial charge in [-0.3, -0.25) is 34.7 Å². The molecule has 1 N–H and O–H groups in total. The zero-order chi connectivity index (χ0) is 29.0. The second-order valence-electron chi connectivity index (χ2n) is 12.6. The summed E-state index contributed by atoms with van der Waals surface area (Å²) < 4.78 is 0. The van der Waals surface area contributed by atoms with E-state index in [-0.39, 0.29) is 34.8 Å². The number of nitro benzene ring substituents is 1. The minimum Gasteiger partial charge on any atom is -0.370 e. The number of nitro groups is 1. The van der Waals surface area contributed by atoms with E-state index in [0.717, 1.165) is 56.2 Å². The van der Waals surface area contributed by atoms with E-state index in [0.29, 0.717) is 30.0 Å². The molecule has 1 aliphatic carbocycles. The molecule has 0 bridgehead atoms. The van der Waals surface area contributed by atoms with Crippen LogP contribution in [-0.2, 0) is 16.1 Å². The van der Waals surface area contributed by atoms with Crippen LogP contribution in [0.25, 0.3) is 0 Å². The monoisotopic (exact) mass is 572 g/mol. The van der Waals surface area contributed by atoms with Crippen molar-refractivity contribution in [1.82, 2.24) is 15.1 Å². The quantitative estimate of drug-likeness (QED) is 0.330. The van der Waals surface area contributed by atoms with E-state index in [1.807, 2.05) is 24.3 Å². The lowest BCUT2D eigenvalue weighted by Gasteiger charge is -2.56. The number of hydrogen-bond acceptors (Lipinski definition) is 8. The highest BCUT2D eigenvalue weighted by molar-refractivity contribution is 6.05. The Morgan fingerprint density at radius 1 is 0.857 bits per heavy atom. The van der Waals surface area contributed by atoms with Gasteiger partial charge >= 0.3 is 0 Å². The molecule has 4 aliphatic heterocycles. The molecule has 0 radical (unpaired) electrons. The molecule has 2 aromatic rings. The molecule has 2 aromatic carbocycles. The maximum atomic E-state index is 13.2. The van der Waals surface area contributed by atoms with E-state index < -0.39 is 6.04 Å². The van der Waals surface area contributed by atoms with Gasteiger partial charge in [-0.1, -0.05) is 6.07 Å². The lowest BCUT2D eigenvalue weighted by atomic mass is 9.67. The van der Waals surface area contributed by atoms with E-state index in [4.69, 9.17) is 0 Å². The summed E-state index contributed by atoms with van der Waals surface area (Å²) >= 11 is 0. The molecule has 3 amide bonds. The molecule has 7 rings (SSSR count). The van der Waals surface area contributed by atoms with Gasteiger partial charge in [-0.2, -0.15) is 0 Å². The number of nitrogens with one attached hydrogen (secondary N) is 1. The summed E-state index contributed by atoms with van der Waals surface area (Å²) in [5.74, 6) is -0.768. The van der Waals surface area contributed by atoms with Gasteiger partial charge < -0.3 is 14.7 Å². The number of imide groups is 1. The molecule has 1 unspecified atom stereocenters. The fourth-order valence-electron chi connectivity index (χ4n) is 7.71. The molecule has 11 nitrogen and oxygen atoms in total. The predicted octanol–water partition coefficient (Wildman–Crippen LogP) is 2.93. The summed E-state index contributed by atoms with van der Waals surface area (Å²) in [5.41, 5.74) is 4.22. The van der Waals surface area contributed by atoms with Gasteiger partial charge in [-0.25, -0.2) is 0 Å². The van der Waals surface area contributed by atoms with Crippen LogP contribution in [0.2, 0.25) is 0 Å². The lowest BCUT2D eigenvalue weighted by Crippen LogP contribution is -2.60. The number of amides is 3. The Balaban J connectivity index is 0.902. The van der Waals surface area contributed by atoms with Gasteiger partial charge in [0, 0.05) is 92.8 Å². The molecular weight excluding hydrogens is 536 g/mol. The summed E-state index contributed by atoms with van der Waals surface area (Å²) in [5, 5.41) is 13.3. The van der Waals surface area contributed by atoms with Crippen molar-refractivity contribution in [3.05, 3.63) is 63.7 Å². The van der Waals surface area contributed by atoms with Crippen molar-refractivity contribution >= 4 is 34.8 Å². The van der Waals surface area contributed by atoms with Crippen LogP contribution in [0.5, 0.6) is 0 Å². The van der Waals surface area contributed by atoms with Crippen LogP contribution in [0.4, 0.5) is 17.1 Å². The number of rotatable bonds is 5. The van der Waals surface area contributed by atoms with Crippen LogP contribution in [0.3, 0.4) is 0 Å². The SMILES string of the molecule is O=C1CCC(N2Cc3ccc(N4CC5(CCC(N6CCN(c7ccc([N+](=O)[O-])cc7)CC6)CC5)C4)cc3C2=O)C(=O)N1. The number of piperidine rings is 1. The topological polar surface area (TPSA) is 119 Å². The van der Waals surface area contributed by atoms with Crippen LogP contribution in [-0.4, -0.2) is 83.8 Å². The molecule has 4 heterocycles. The Morgan fingerprint density at radius 3 is 2.21 bits per heavy atom. The summed E-state index contributed by atoms with van der Waals surface area (Å²) in [6, 6.07) is 13.0. The molecule has 4 fully saturated rings. The first-order valence-electron chi connectivity index (χ1n) is 15.0. The number of benzene rings is 2. The maximum absolute atomic E-state index is 13.2. The van der Waals surface area contributed by atoms with E-state index in [1.165, 1.54) is 25.7 Å². The summed E-state index contributed by atoms with van der Waals surface area (Å²) in [4.78, 5) is 56.7. The minimum absolute atomic E-state index is 0.120. The Hall–Kier alpha value is -3.99. The number of nitrogens with zero attached hydrogens (tertiary/aromatic N) is 5. The number of carbonyl (C=O) groups is 3. The van der Waals surface area contributed by atoms with E-state index >= 15 is 0 Å². The molecule has 1 spiro atoms. The van der Waals surface area contributed by atoms with Crippen molar-refractivity contribution in [2.45, 2.75) is 57.2 Å². The molecule has 1 atom stereocenters. The Kier molecular flexibility index (Phi) is 6.64. The Morgan fingerprint density at radius 2 is 1.55 bits per heavy atom. The fraction of sp³-hybridized carbons (Fsp3) is 0.516. The summed E-state index contributed by atoms with van der Waals surface area (Å²) in [7, 11) is 0. The zero-order valence-electron chi connectivity index (χ0n) is 23.7. The minimum atomic E-state index is -0.584. The third-order valence-electron chi connectivity index (χ3n) is 10.2. The van der Waals surface area contributed by atoms with Gasteiger partial charge in [0.05, 0.1) is 4.92 Å². The van der Waals surface area contributed by atoms with Crippen molar-refractivity contribution in [1.29, 1.82) is 0 Å². The van der Waals surface area contributed by atoms with Crippen LogP contribution < -0.4 is 15.1 Å². The number of non-ortho nitro benzene ring substituents is 1. The summed E-state index contributed by atoms with van der Waals surface area (Å²) in [6.45, 7) is 6.33. The highest BCUT2D eigenvalue weighted by atomic mass is 16.6. The van der Waals surface area contributed by atoms with Gasteiger partial charge in [0.15, 0.2) is 0 Å². The number of fused-ring (bicyclic) bond motifs is 1. The molecule has 11 heteroatoms. The number of piperazine rings is 1. The molecule has 3 saturated heterocycles. The lowest BCUT2D eigenvalue weighted by molar-refractivity contribution is -0.384. The number of hydrogen-bond donors (Lipinski definition) is 1. The molecule has 220 valence electrons. The van der Waals surface area contributed by atoms with Crippen LogP contribution in [0.15, 0.2) is 42.5 Å².